The van der Waals surface area contributed by atoms with Crippen molar-refractivity contribution in [1.29, 1.82) is 0 Å². The molecule has 0 saturated heterocycles. The van der Waals surface area contributed by atoms with E-state index in [9.17, 15) is 8.78 Å². The van der Waals surface area contributed by atoms with Gasteiger partial charge in [-0.15, -0.1) is 24.0 Å². The summed E-state index contributed by atoms with van der Waals surface area (Å²) in [5.74, 6) is 1.84. The van der Waals surface area contributed by atoms with Crippen LogP contribution in [0.25, 0.3) is 0 Å². The van der Waals surface area contributed by atoms with Crippen molar-refractivity contribution in [3.63, 3.8) is 0 Å². The number of halogens is 3. The average Bonchev–Trinajstić information content (AvgIpc) is 3.17. The van der Waals surface area contributed by atoms with Gasteiger partial charge in [-0.1, -0.05) is 6.07 Å². The number of methoxy groups -OCH3 is 1. The van der Waals surface area contributed by atoms with Gasteiger partial charge in [-0.2, -0.15) is 8.78 Å². The second-order valence-electron chi connectivity index (χ2n) is 5.91. The predicted octanol–water partition coefficient (Wildman–Crippen LogP) is 3.29. The second-order valence-corrected chi connectivity index (χ2v) is 5.91. The molecule has 1 aliphatic rings. The summed E-state index contributed by atoms with van der Waals surface area (Å²) in [7, 11) is 1.55. The SMILES string of the molecule is CCNC(=NCc1cc2c(cc1OC(F)F)OCO2)NCc1cccnc1OC.I. The van der Waals surface area contributed by atoms with Gasteiger partial charge in [0.1, 0.15) is 5.75 Å². The van der Waals surface area contributed by atoms with E-state index in [1.54, 1.807) is 19.4 Å². The van der Waals surface area contributed by atoms with Crippen molar-refractivity contribution in [1.82, 2.24) is 15.6 Å². The van der Waals surface area contributed by atoms with Crippen molar-refractivity contribution < 1.29 is 27.7 Å². The number of nitrogens with one attached hydrogen (secondary N) is 2. The fourth-order valence-electron chi connectivity index (χ4n) is 2.72. The van der Waals surface area contributed by atoms with Crippen molar-refractivity contribution in [3.05, 3.63) is 41.6 Å². The van der Waals surface area contributed by atoms with Crippen LogP contribution in [0.1, 0.15) is 18.1 Å². The van der Waals surface area contributed by atoms with Gasteiger partial charge in [0.05, 0.1) is 13.7 Å². The van der Waals surface area contributed by atoms with E-state index in [0.717, 1.165) is 5.56 Å². The molecule has 2 heterocycles. The normalized spacial score (nSPS) is 12.4. The van der Waals surface area contributed by atoms with Crippen molar-refractivity contribution in [2.45, 2.75) is 26.6 Å². The molecule has 30 heavy (non-hydrogen) atoms. The molecule has 0 unspecified atom stereocenters. The standard InChI is InChI=1S/C19H22F2N4O4.HI/c1-3-22-19(24-9-12-5-4-6-23-17(12)26-2)25-10-13-7-15-16(28-11-27-15)8-14(13)29-18(20)21;/h4-8,18H,3,9-11H2,1-2H3,(H2,22,24,25);1H. The Hall–Kier alpha value is -2.57. The number of aliphatic imine (C=N–C) groups is 1. The fourth-order valence-corrected chi connectivity index (χ4v) is 2.72. The third kappa shape index (κ3) is 6.21. The zero-order valence-corrected chi connectivity index (χ0v) is 18.8. The Kier molecular flexibility index (Phi) is 9.15. The van der Waals surface area contributed by atoms with Gasteiger partial charge >= 0.3 is 6.61 Å². The van der Waals surface area contributed by atoms with Gasteiger partial charge in [-0.05, 0) is 19.1 Å². The van der Waals surface area contributed by atoms with Gasteiger partial charge in [0.15, 0.2) is 17.5 Å². The number of guanidine groups is 1. The van der Waals surface area contributed by atoms with Gasteiger partial charge in [0, 0.05) is 36.5 Å². The highest BCUT2D eigenvalue weighted by atomic mass is 127. The summed E-state index contributed by atoms with van der Waals surface area (Å²) in [4.78, 5) is 8.61. The minimum absolute atomic E-state index is 0. The third-order valence-electron chi connectivity index (χ3n) is 4.01. The summed E-state index contributed by atoms with van der Waals surface area (Å²) < 4.78 is 46.0. The summed E-state index contributed by atoms with van der Waals surface area (Å²) >= 11 is 0. The number of ether oxygens (including phenoxy) is 4. The highest BCUT2D eigenvalue weighted by Crippen LogP contribution is 2.39. The van der Waals surface area contributed by atoms with Gasteiger partial charge in [0.25, 0.3) is 0 Å². The van der Waals surface area contributed by atoms with E-state index < -0.39 is 6.61 Å². The molecule has 2 N–H and O–H groups in total. The Morgan fingerprint density at radius 2 is 2.00 bits per heavy atom. The molecular weight excluding hydrogens is 513 g/mol. The molecule has 0 spiro atoms. The maximum atomic E-state index is 12.8. The molecular formula is C19H23F2IN4O4. The van der Waals surface area contributed by atoms with Gasteiger partial charge in [-0.25, -0.2) is 9.98 Å². The maximum Gasteiger partial charge on any atom is 0.387 e. The molecule has 2 aromatic rings. The summed E-state index contributed by atoms with van der Waals surface area (Å²) in [5.41, 5.74) is 1.30. The first-order valence-corrected chi connectivity index (χ1v) is 8.98. The molecule has 8 nitrogen and oxygen atoms in total. The number of aromatic nitrogens is 1. The fraction of sp³-hybridized carbons (Fsp3) is 0.368. The van der Waals surface area contributed by atoms with E-state index in [1.165, 1.54) is 6.07 Å². The molecule has 0 bridgehead atoms. The van der Waals surface area contributed by atoms with E-state index in [0.29, 0.717) is 42.0 Å². The molecule has 0 amide bonds. The van der Waals surface area contributed by atoms with Crippen LogP contribution < -0.4 is 29.6 Å². The Morgan fingerprint density at radius 3 is 2.70 bits per heavy atom. The lowest BCUT2D eigenvalue weighted by Gasteiger charge is -2.14. The van der Waals surface area contributed by atoms with Crippen LogP contribution in [0.15, 0.2) is 35.5 Å². The lowest BCUT2D eigenvalue weighted by molar-refractivity contribution is -0.0505. The van der Waals surface area contributed by atoms with Crippen LogP contribution in [0, 0.1) is 0 Å². The molecule has 1 aromatic carbocycles. The molecule has 0 radical (unpaired) electrons. The summed E-state index contributed by atoms with van der Waals surface area (Å²) in [6, 6.07) is 6.68. The van der Waals surface area contributed by atoms with Crippen LogP contribution >= 0.6 is 24.0 Å². The first-order chi connectivity index (χ1) is 14.1. The summed E-state index contributed by atoms with van der Waals surface area (Å²) in [6.45, 7) is 0.142. The molecule has 0 atom stereocenters. The number of pyridine rings is 1. The third-order valence-corrected chi connectivity index (χ3v) is 4.01. The number of benzene rings is 1. The largest absolute Gasteiger partial charge is 0.481 e. The molecule has 1 aliphatic heterocycles. The molecule has 0 fully saturated rings. The molecule has 3 rings (SSSR count). The summed E-state index contributed by atoms with van der Waals surface area (Å²) in [6.07, 6.45) is 1.64. The van der Waals surface area contributed by atoms with Crippen LogP contribution in [-0.2, 0) is 13.1 Å². The van der Waals surface area contributed by atoms with E-state index in [1.807, 2.05) is 19.1 Å². The highest BCUT2D eigenvalue weighted by Gasteiger charge is 2.20. The molecule has 11 heteroatoms. The molecule has 1 aromatic heterocycles. The first-order valence-electron chi connectivity index (χ1n) is 8.98. The van der Waals surface area contributed by atoms with Crippen LogP contribution in [0.5, 0.6) is 23.1 Å². The number of rotatable bonds is 8. The Bertz CT molecular complexity index is 870. The molecule has 0 aliphatic carbocycles. The molecule has 164 valence electrons. The summed E-state index contributed by atoms with van der Waals surface area (Å²) in [5, 5.41) is 6.27. The number of hydrogen-bond donors (Lipinski definition) is 2. The van der Waals surface area contributed by atoms with Crippen molar-refractivity contribution in [3.8, 4) is 23.1 Å². The quantitative estimate of drug-likeness (QED) is 0.304. The van der Waals surface area contributed by atoms with Crippen LogP contribution in [0.2, 0.25) is 0 Å². The zero-order chi connectivity index (χ0) is 20.6. The van der Waals surface area contributed by atoms with Crippen LogP contribution in [0.4, 0.5) is 8.78 Å². The van der Waals surface area contributed by atoms with Gasteiger partial charge < -0.3 is 29.6 Å². The Morgan fingerprint density at radius 1 is 1.23 bits per heavy atom. The van der Waals surface area contributed by atoms with Crippen molar-refractivity contribution in [2.24, 2.45) is 4.99 Å². The minimum Gasteiger partial charge on any atom is -0.481 e. The number of alkyl halides is 2. The number of fused-ring (bicyclic) bond motifs is 1. The monoisotopic (exact) mass is 536 g/mol. The lowest BCUT2D eigenvalue weighted by Crippen LogP contribution is -2.36. The van der Waals surface area contributed by atoms with E-state index in [-0.39, 0.29) is 43.1 Å². The Balaban J connectivity index is 0.00000320. The van der Waals surface area contributed by atoms with E-state index in [2.05, 4.69) is 25.3 Å². The van der Waals surface area contributed by atoms with Gasteiger partial charge in [0.2, 0.25) is 12.7 Å². The average molecular weight is 536 g/mol. The number of hydrogen-bond acceptors (Lipinski definition) is 6. The van der Waals surface area contributed by atoms with E-state index >= 15 is 0 Å². The topological polar surface area (TPSA) is 86.2 Å². The van der Waals surface area contributed by atoms with Gasteiger partial charge in [-0.3, -0.25) is 0 Å². The predicted molar refractivity (Wildman–Crippen MR) is 117 cm³/mol. The van der Waals surface area contributed by atoms with Crippen LogP contribution in [-0.4, -0.2) is 38.0 Å². The maximum absolute atomic E-state index is 12.8. The molecule has 0 saturated carbocycles. The smallest absolute Gasteiger partial charge is 0.387 e. The minimum atomic E-state index is -2.96. The lowest BCUT2D eigenvalue weighted by atomic mass is 10.1. The van der Waals surface area contributed by atoms with Crippen LogP contribution in [0.3, 0.4) is 0 Å². The number of nitrogens with zero attached hydrogens (tertiary/aromatic N) is 2. The van der Waals surface area contributed by atoms with E-state index in [4.69, 9.17) is 14.2 Å². The van der Waals surface area contributed by atoms with Crippen molar-refractivity contribution >= 4 is 29.9 Å². The highest BCUT2D eigenvalue weighted by molar-refractivity contribution is 14.0. The zero-order valence-electron chi connectivity index (χ0n) is 16.5. The Labute approximate surface area is 190 Å². The second kappa shape index (κ2) is 11.6. The van der Waals surface area contributed by atoms with Crippen molar-refractivity contribution in [2.75, 3.05) is 20.4 Å². The first kappa shape index (κ1) is 23.7.